The van der Waals surface area contributed by atoms with Crippen molar-refractivity contribution in [2.75, 3.05) is 6.61 Å². The van der Waals surface area contributed by atoms with E-state index in [1.165, 1.54) is 0 Å². The molecular formula is C32H23N3O4. The minimum atomic E-state index is -0.936. The summed E-state index contributed by atoms with van der Waals surface area (Å²) in [4.78, 5) is 13.0. The van der Waals surface area contributed by atoms with E-state index in [4.69, 9.17) is 9.47 Å². The summed E-state index contributed by atoms with van der Waals surface area (Å²) in [5.41, 5.74) is 2.09. The van der Waals surface area contributed by atoms with Crippen LogP contribution in [0.3, 0.4) is 0 Å². The van der Waals surface area contributed by atoms with Crippen molar-refractivity contribution in [3.63, 3.8) is 0 Å². The van der Waals surface area contributed by atoms with E-state index in [0.29, 0.717) is 23.4 Å². The van der Waals surface area contributed by atoms with Crippen LogP contribution in [0.4, 0.5) is 5.69 Å². The molecule has 1 aromatic heterocycles. The molecule has 190 valence electrons. The van der Waals surface area contributed by atoms with Crippen LogP contribution in [0.25, 0.3) is 32.4 Å². The predicted molar refractivity (Wildman–Crippen MR) is 150 cm³/mol. The molecule has 0 bridgehead atoms. The van der Waals surface area contributed by atoms with E-state index in [0.717, 1.165) is 32.6 Å². The molecule has 1 aliphatic heterocycles. The lowest BCUT2D eigenvalue weighted by molar-refractivity contribution is -0.127. The average molecular weight is 514 g/mol. The third-order valence-corrected chi connectivity index (χ3v) is 7.12. The Morgan fingerprint density at radius 1 is 0.821 bits per heavy atom. The second-order valence-corrected chi connectivity index (χ2v) is 9.52. The summed E-state index contributed by atoms with van der Waals surface area (Å²) in [5.74, 6) is 0.435. The number of fused-ring (bicyclic) bond motifs is 4. The van der Waals surface area contributed by atoms with Crippen molar-refractivity contribution < 1.29 is 19.4 Å². The van der Waals surface area contributed by atoms with E-state index in [9.17, 15) is 9.90 Å². The number of carbonyl (C=O) groups is 1. The first kappa shape index (κ1) is 23.0. The Morgan fingerprint density at radius 2 is 1.49 bits per heavy atom. The summed E-state index contributed by atoms with van der Waals surface area (Å²) in [6.07, 6.45) is -0.936. The lowest BCUT2D eigenvalue weighted by Crippen LogP contribution is -2.35. The first-order valence-corrected chi connectivity index (χ1v) is 12.7. The molecule has 0 aliphatic carbocycles. The molecule has 7 nitrogen and oxygen atoms in total. The van der Waals surface area contributed by atoms with E-state index in [1.54, 1.807) is 4.57 Å². The fourth-order valence-electron chi connectivity index (χ4n) is 5.17. The first-order chi connectivity index (χ1) is 19.2. The van der Waals surface area contributed by atoms with Crippen molar-refractivity contribution in [1.29, 1.82) is 0 Å². The van der Waals surface area contributed by atoms with Gasteiger partial charge in [-0.1, -0.05) is 84.9 Å². The van der Waals surface area contributed by atoms with Gasteiger partial charge in [-0.3, -0.25) is 4.79 Å². The van der Waals surface area contributed by atoms with Crippen LogP contribution in [0.2, 0.25) is 0 Å². The van der Waals surface area contributed by atoms with E-state index in [2.05, 4.69) is 28.4 Å². The summed E-state index contributed by atoms with van der Waals surface area (Å²) in [6, 6.07) is 33.4. The van der Waals surface area contributed by atoms with Gasteiger partial charge in [0, 0.05) is 5.39 Å². The zero-order chi connectivity index (χ0) is 26.3. The summed E-state index contributed by atoms with van der Waals surface area (Å²) < 4.78 is 13.5. The fraction of sp³-hybridized carbons (Fsp3) is 0.0938. The maximum Gasteiger partial charge on any atom is 0.308 e. The normalized spacial score (nSPS) is 14.9. The van der Waals surface area contributed by atoms with Gasteiger partial charge in [0.15, 0.2) is 17.2 Å². The van der Waals surface area contributed by atoms with Crippen LogP contribution >= 0.6 is 0 Å². The lowest BCUT2D eigenvalue weighted by Gasteiger charge is -2.24. The van der Waals surface area contributed by atoms with Crippen LogP contribution in [-0.2, 0) is 11.3 Å². The number of hydrogen-bond acceptors (Lipinski definition) is 5. The molecule has 0 saturated carbocycles. The highest BCUT2D eigenvalue weighted by atomic mass is 16.6. The molecule has 39 heavy (non-hydrogen) atoms. The molecule has 0 radical (unpaired) electrons. The molecule has 0 saturated heterocycles. The third kappa shape index (κ3) is 4.05. The van der Waals surface area contributed by atoms with Crippen molar-refractivity contribution in [1.82, 2.24) is 4.57 Å². The molecule has 7 heteroatoms. The molecule has 0 fully saturated rings. The van der Waals surface area contributed by atoms with E-state index in [-0.39, 0.29) is 18.2 Å². The quantitative estimate of drug-likeness (QED) is 0.254. The Balaban J connectivity index is 1.19. The number of nitrogens with zero attached hydrogens (tertiary/aromatic N) is 3. The maximum absolute atomic E-state index is 13.0. The van der Waals surface area contributed by atoms with Gasteiger partial charge >= 0.3 is 5.91 Å². The highest BCUT2D eigenvalue weighted by Gasteiger charge is 2.28. The SMILES string of the molecule is O=C(N=Nc1c(O)n(Cc2cccc3ccccc23)c2ccccc12)[C@@H]1COc2cc3ccccc3cc2O1. The monoisotopic (exact) mass is 513 g/mol. The zero-order valence-corrected chi connectivity index (χ0v) is 20.8. The zero-order valence-electron chi connectivity index (χ0n) is 20.8. The van der Waals surface area contributed by atoms with Crippen molar-refractivity contribution in [3.05, 3.63) is 109 Å². The number of ether oxygens (including phenoxy) is 2. The molecular weight excluding hydrogens is 490 g/mol. The molecule has 1 amide bonds. The Bertz CT molecular complexity index is 1920. The number of rotatable bonds is 4. The molecule has 6 aromatic rings. The molecule has 1 atom stereocenters. The number of aromatic hydroxyl groups is 1. The Labute approximate surface area is 223 Å². The number of benzene rings is 5. The fourth-order valence-corrected chi connectivity index (χ4v) is 5.17. The first-order valence-electron chi connectivity index (χ1n) is 12.7. The molecule has 7 rings (SSSR count). The topological polar surface area (TPSA) is 85.4 Å². The van der Waals surface area contributed by atoms with Crippen molar-refractivity contribution in [3.8, 4) is 17.4 Å². The van der Waals surface area contributed by atoms with Crippen LogP contribution in [0.5, 0.6) is 17.4 Å². The molecule has 1 N–H and O–H groups in total. The third-order valence-electron chi connectivity index (χ3n) is 7.12. The molecule has 0 unspecified atom stereocenters. The highest BCUT2D eigenvalue weighted by molar-refractivity contribution is 5.96. The number of azo groups is 1. The molecule has 5 aromatic carbocycles. The van der Waals surface area contributed by atoms with Crippen LogP contribution in [0, 0.1) is 0 Å². The highest BCUT2D eigenvalue weighted by Crippen LogP contribution is 2.40. The average Bonchev–Trinajstić information content (AvgIpc) is 3.24. The summed E-state index contributed by atoms with van der Waals surface area (Å²) in [7, 11) is 0. The van der Waals surface area contributed by atoms with Gasteiger partial charge in [0.2, 0.25) is 12.0 Å². The minimum absolute atomic E-state index is 0.0258. The van der Waals surface area contributed by atoms with E-state index < -0.39 is 12.0 Å². The largest absolute Gasteiger partial charge is 0.493 e. The summed E-state index contributed by atoms with van der Waals surface area (Å²) in [6.45, 7) is 0.458. The van der Waals surface area contributed by atoms with Crippen molar-refractivity contribution in [2.45, 2.75) is 12.6 Å². The minimum Gasteiger partial charge on any atom is -0.493 e. The molecule has 2 heterocycles. The van der Waals surface area contributed by atoms with Gasteiger partial charge in [-0.05, 0) is 45.3 Å². The van der Waals surface area contributed by atoms with Crippen molar-refractivity contribution >= 4 is 44.0 Å². The Kier molecular flexibility index (Phi) is 5.48. The van der Waals surface area contributed by atoms with Crippen LogP contribution in [0.1, 0.15) is 5.56 Å². The van der Waals surface area contributed by atoms with Gasteiger partial charge in [0.05, 0.1) is 12.1 Å². The second kappa shape index (κ2) is 9.29. The van der Waals surface area contributed by atoms with Gasteiger partial charge in [-0.15, -0.1) is 10.2 Å². The van der Waals surface area contributed by atoms with Gasteiger partial charge in [-0.25, -0.2) is 0 Å². The van der Waals surface area contributed by atoms with Gasteiger partial charge < -0.3 is 19.1 Å². The van der Waals surface area contributed by atoms with Crippen molar-refractivity contribution in [2.24, 2.45) is 10.2 Å². The van der Waals surface area contributed by atoms with Gasteiger partial charge in [0.25, 0.3) is 0 Å². The maximum atomic E-state index is 13.0. The molecule has 0 spiro atoms. The number of aromatic nitrogens is 1. The number of para-hydroxylation sites is 1. The number of hydrogen-bond donors (Lipinski definition) is 1. The predicted octanol–water partition coefficient (Wildman–Crippen LogP) is 7.15. The van der Waals surface area contributed by atoms with E-state index in [1.807, 2.05) is 84.9 Å². The summed E-state index contributed by atoms with van der Waals surface area (Å²) >= 11 is 0. The second-order valence-electron chi connectivity index (χ2n) is 9.52. The number of amides is 1. The van der Waals surface area contributed by atoms with Crippen LogP contribution in [-0.4, -0.2) is 28.3 Å². The summed E-state index contributed by atoms with van der Waals surface area (Å²) in [5, 5.41) is 24.3. The Hall–Kier alpha value is -5.17. The van der Waals surface area contributed by atoms with Gasteiger partial charge in [0.1, 0.15) is 6.61 Å². The standard InChI is InChI=1S/C32H23N3O4/c36-31(29-19-38-27-16-21-9-1-2-10-22(21)17-28(27)39-29)34-33-30-25-14-5-6-15-26(25)35(32(30)37)18-23-12-7-11-20-8-3-4-13-24(20)23/h1-17,29,37H,18-19H2/t29-/m0/s1. The smallest absolute Gasteiger partial charge is 0.308 e. The molecule has 1 aliphatic rings. The van der Waals surface area contributed by atoms with Gasteiger partial charge in [-0.2, -0.15) is 0 Å². The lowest BCUT2D eigenvalue weighted by atomic mass is 10.0. The number of carbonyl (C=O) groups excluding carboxylic acids is 1. The van der Waals surface area contributed by atoms with Crippen LogP contribution < -0.4 is 9.47 Å². The Morgan fingerprint density at radius 3 is 2.31 bits per heavy atom. The van der Waals surface area contributed by atoms with Crippen LogP contribution in [0.15, 0.2) is 113 Å². The van der Waals surface area contributed by atoms with E-state index >= 15 is 0 Å².